The lowest BCUT2D eigenvalue weighted by Gasteiger charge is -2.05. The van der Waals surface area contributed by atoms with Crippen LogP contribution in [0.25, 0.3) is 0 Å². The van der Waals surface area contributed by atoms with Gasteiger partial charge >= 0.3 is 11.9 Å². The van der Waals surface area contributed by atoms with E-state index in [1.807, 2.05) is 0 Å². The van der Waals surface area contributed by atoms with E-state index in [2.05, 4.69) is 13.2 Å². The second-order valence-corrected chi connectivity index (χ2v) is 11.7. The maximum absolute atomic E-state index is 9.25. The van der Waals surface area contributed by atoms with Gasteiger partial charge in [-0.2, -0.15) is 0 Å². The summed E-state index contributed by atoms with van der Waals surface area (Å²) in [5, 5.41) is 15.2. The summed E-state index contributed by atoms with van der Waals surface area (Å²) in [6.07, 6.45) is 46.7. The van der Waals surface area contributed by atoms with Crippen molar-refractivity contribution in [1.82, 2.24) is 0 Å². The van der Waals surface area contributed by atoms with Gasteiger partial charge in [-0.3, -0.25) is 0 Å². The molecule has 0 spiro atoms. The zero-order chi connectivity index (χ0) is 29.8. The quantitative estimate of drug-likeness (QED) is 0.327. The Balaban J connectivity index is 0. The van der Waals surface area contributed by atoms with E-state index in [1.54, 1.807) is 0 Å². The first-order chi connectivity index (χ1) is 19.5. The van der Waals surface area contributed by atoms with Crippen LogP contribution in [0, 0.1) is 0 Å². The Labute approximate surface area is 249 Å². The van der Waals surface area contributed by atoms with Crippen LogP contribution in [0.1, 0.15) is 193 Å². The fraction of sp³-hybridized carbons (Fsp3) is 0.833. The fourth-order valence-corrected chi connectivity index (χ4v) is 5.30. The molecule has 236 valence electrons. The maximum atomic E-state index is 9.25. The minimum Gasteiger partial charge on any atom is -0.478 e. The molecule has 0 aromatic rings. The largest absolute Gasteiger partial charge is 0.478 e. The standard InChI is InChI=1S/3C10H20.2C3H4O2/c3*1-2-4-6-8-10-9-7-5-3-1;2*1-2-3(4)5/h3*1-10H2;2*2H,1H2,(H,4,5). The third-order valence-electron chi connectivity index (χ3n) is 7.85. The van der Waals surface area contributed by atoms with Crippen molar-refractivity contribution in [2.24, 2.45) is 0 Å². The van der Waals surface area contributed by atoms with Crippen molar-refractivity contribution in [3.8, 4) is 0 Å². The average molecular weight is 565 g/mol. The molecule has 0 radical (unpaired) electrons. The number of carbonyl (C=O) groups is 2. The smallest absolute Gasteiger partial charge is 0.327 e. The number of hydrogen-bond acceptors (Lipinski definition) is 2. The second-order valence-electron chi connectivity index (χ2n) is 11.7. The predicted octanol–water partition coefficient (Wildman–Crippen LogP) is 12.2. The van der Waals surface area contributed by atoms with Crippen LogP contribution < -0.4 is 0 Å². The Bertz CT molecular complexity index is 378. The molecular weight excluding hydrogens is 496 g/mol. The van der Waals surface area contributed by atoms with E-state index in [9.17, 15) is 9.59 Å². The Morgan fingerprint density at radius 1 is 0.300 bits per heavy atom. The van der Waals surface area contributed by atoms with Gasteiger partial charge in [0.2, 0.25) is 0 Å². The summed E-state index contributed by atoms with van der Waals surface area (Å²) in [6, 6.07) is 0. The van der Waals surface area contributed by atoms with Gasteiger partial charge in [0, 0.05) is 12.2 Å². The van der Waals surface area contributed by atoms with Crippen molar-refractivity contribution in [3.05, 3.63) is 25.3 Å². The van der Waals surface area contributed by atoms with E-state index >= 15 is 0 Å². The molecule has 3 aliphatic carbocycles. The summed E-state index contributed by atoms with van der Waals surface area (Å²) in [4.78, 5) is 18.5. The fourth-order valence-electron chi connectivity index (χ4n) is 5.30. The lowest BCUT2D eigenvalue weighted by atomic mass is 10.0. The zero-order valence-corrected chi connectivity index (χ0v) is 26.5. The normalized spacial score (nSPS) is 19.6. The van der Waals surface area contributed by atoms with Gasteiger partial charge in [0.15, 0.2) is 0 Å². The summed E-state index contributed by atoms with van der Waals surface area (Å²) in [7, 11) is 0. The molecular formula is C36H68O4. The van der Waals surface area contributed by atoms with E-state index in [4.69, 9.17) is 10.2 Å². The van der Waals surface area contributed by atoms with E-state index in [0.29, 0.717) is 0 Å². The third-order valence-corrected chi connectivity index (χ3v) is 7.85. The van der Waals surface area contributed by atoms with Gasteiger partial charge in [-0.25, -0.2) is 9.59 Å². The Hall–Kier alpha value is -1.58. The predicted molar refractivity (Wildman–Crippen MR) is 174 cm³/mol. The lowest BCUT2D eigenvalue weighted by molar-refractivity contribution is -0.132. The minimum atomic E-state index is -0.981. The first kappa shape index (κ1) is 40.6. The van der Waals surface area contributed by atoms with Crippen molar-refractivity contribution in [3.63, 3.8) is 0 Å². The summed E-state index contributed by atoms with van der Waals surface area (Å²) in [5.74, 6) is -1.96. The molecule has 0 amide bonds. The summed E-state index contributed by atoms with van der Waals surface area (Å²) >= 11 is 0. The van der Waals surface area contributed by atoms with Crippen LogP contribution in [0.2, 0.25) is 0 Å². The van der Waals surface area contributed by atoms with Crippen molar-refractivity contribution < 1.29 is 19.8 Å². The van der Waals surface area contributed by atoms with Crippen LogP contribution >= 0.6 is 0 Å². The van der Waals surface area contributed by atoms with E-state index in [1.165, 1.54) is 193 Å². The molecule has 4 nitrogen and oxygen atoms in total. The van der Waals surface area contributed by atoms with Crippen molar-refractivity contribution in [1.29, 1.82) is 0 Å². The highest BCUT2D eigenvalue weighted by atomic mass is 16.4. The Morgan fingerprint density at radius 2 is 0.350 bits per heavy atom. The van der Waals surface area contributed by atoms with Crippen LogP contribution in [0.4, 0.5) is 0 Å². The second kappa shape index (κ2) is 37.4. The van der Waals surface area contributed by atoms with Crippen LogP contribution in [-0.4, -0.2) is 22.2 Å². The van der Waals surface area contributed by atoms with Crippen LogP contribution in [-0.2, 0) is 9.59 Å². The van der Waals surface area contributed by atoms with Crippen LogP contribution in [0.15, 0.2) is 25.3 Å². The van der Waals surface area contributed by atoms with Gasteiger partial charge in [-0.15, -0.1) is 0 Å². The Morgan fingerprint density at radius 3 is 0.375 bits per heavy atom. The first-order valence-electron chi connectivity index (χ1n) is 17.2. The molecule has 0 atom stereocenters. The third kappa shape index (κ3) is 43.5. The summed E-state index contributed by atoms with van der Waals surface area (Å²) in [6.45, 7) is 5.92. The highest BCUT2D eigenvalue weighted by molar-refractivity contribution is 5.79. The van der Waals surface area contributed by atoms with E-state index in [0.717, 1.165) is 12.2 Å². The van der Waals surface area contributed by atoms with Gasteiger partial charge < -0.3 is 10.2 Å². The average Bonchev–Trinajstić information content (AvgIpc) is 2.99. The zero-order valence-electron chi connectivity index (χ0n) is 26.5. The number of carboxylic acid groups (broad SMARTS) is 2. The number of rotatable bonds is 2. The molecule has 3 fully saturated rings. The molecule has 4 heteroatoms. The van der Waals surface area contributed by atoms with Crippen LogP contribution in [0.3, 0.4) is 0 Å². The van der Waals surface area contributed by atoms with E-state index in [-0.39, 0.29) is 0 Å². The molecule has 3 saturated carbocycles. The molecule has 0 aromatic heterocycles. The van der Waals surface area contributed by atoms with Crippen molar-refractivity contribution >= 4 is 11.9 Å². The van der Waals surface area contributed by atoms with Gasteiger partial charge in [0.25, 0.3) is 0 Å². The highest BCUT2D eigenvalue weighted by Crippen LogP contribution is 2.17. The van der Waals surface area contributed by atoms with Gasteiger partial charge in [-0.1, -0.05) is 206 Å². The topological polar surface area (TPSA) is 74.6 Å². The maximum Gasteiger partial charge on any atom is 0.327 e. The molecule has 0 unspecified atom stereocenters. The highest BCUT2D eigenvalue weighted by Gasteiger charge is 1.97. The molecule has 0 aromatic carbocycles. The molecule has 2 N–H and O–H groups in total. The SMILES string of the molecule is C1CCCCCCCCC1.C1CCCCCCCCC1.C1CCCCCCCCC1.C=CC(=O)O.C=CC(=O)O. The van der Waals surface area contributed by atoms with Crippen molar-refractivity contribution in [2.75, 3.05) is 0 Å². The number of aliphatic carboxylic acids is 2. The molecule has 3 rings (SSSR count). The molecule has 0 heterocycles. The minimum absolute atomic E-state index is 0.833. The molecule has 0 bridgehead atoms. The van der Waals surface area contributed by atoms with Gasteiger partial charge in [0.1, 0.15) is 0 Å². The first-order valence-corrected chi connectivity index (χ1v) is 17.2. The molecule has 40 heavy (non-hydrogen) atoms. The monoisotopic (exact) mass is 565 g/mol. The summed E-state index contributed by atoms with van der Waals surface area (Å²) in [5.41, 5.74) is 0. The van der Waals surface area contributed by atoms with Gasteiger partial charge in [0.05, 0.1) is 0 Å². The van der Waals surface area contributed by atoms with E-state index < -0.39 is 11.9 Å². The van der Waals surface area contributed by atoms with Gasteiger partial charge in [-0.05, 0) is 0 Å². The molecule has 0 aliphatic heterocycles. The Kier molecular flexibility index (Phi) is 37.9. The van der Waals surface area contributed by atoms with Crippen molar-refractivity contribution in [2.45, 2.75) is 193 Å². The lowest BCUT2D eigenvalue weighted by Crippen LogP contribution is -1.85. The number of hydrogen-bond donors (Lipinski definition) is 2. The molecule has 0 saturated heterocycles. The van der Waals surface area contributed by atoms with Crippen LogP contribution in [0.5, 0.6) is 0 Å². The number of carboxylic acids is 2. The summed E-state index contributed by atoms with van der Waals surface area (Å²) < 4.78 is 0. The molecule has 3 aliphatic rings.